The lowest BCUT2D eigenvalue weighted by Crippen LogP contribution is -2.51. The number of anilines is 1. The highest BCUT2D eigenvalue weighted by Crippen LogP contribution is 2.30. The van der Waals surface area contributed by atoms with Gasteiger partial charge in [-0.3, -0.25) is 13.9 Å². The summed E-state index contributed by atoms with van der Waals surface area (Å²) < 4.78 is 34.3. The molecular weight excluding hydrogens is 550 g/mol. The second kappa shape index (κ2) is 13.7. The molecule has 0 unspecified atom stereocenters. The van der Waals surface area contributed by atoms with Crippen molar-refractivity contribution in [3.8, 4) is 5.75 Å². The largest absolute Gasteiger partial charge is 0.497 e. The van der Waals surface area contributed by atoms with Crippen LogP contribution in [0.4, 0.5) is 5.69 Å². The summed E-state index contributed by atoms with van der Waals surface area (Å²) in [6.45, 7) is 7.18. The summed E-state index contributed by atoms with van der Waals surface area (Å²) in [5.41, 5.74) is 2.54. The minimum atomic E-state index is -4.18. The highest BCUT2D eigenvalue weighted by molar-refractivity contribution is 7.92. The molecule has 1 N–H and O–H groups in total. The summed E-state index contributed by atoms with van der Waals surface area (Å²) in [5.74, 6) is -0.270. The van der Waals surface area contributed by atoms with Crippen molar-refractivity contribution in [2.24, 2.45) is 0 Å². The van der Waals surface area contributed by atoms with E-state index >= 15 is 0 Å². The van der Waals surface area contributed by atoms with Crippen LogP contribution < -0.4 is 14.4 Å². The predicted octanol–water partition coefficient (Wildman–Crippen LogP) is 5.10. The van der Waals surface area contributed by atoms with Crippen LogP contribution in [0.25, 0.3) is 0 Å². The predicted molar refractivity (Wildman–Crippen MR) is 158 cm³/mol. The molecule has 214 valence electrons. The molecular formula is C30H36ClN3O5S. The minimum absolute atomic E-state index is 0.0401. The standard InChI is InChI=1S/C30H36ClN3O5S/c1-6-16-32-30(36)23(4)33(19-24-8-7-9-26(17-24)39-5)29(35)20-34(28-18-25(31)13-12-22(28)3)40(37,38)27-14-10-21(2)11-15-27/h7-15,17-18,23H,6,16,19-20H2,1-5H3,(H,32,36)/t23-/m0/s1. The molecule has 2 amide bonds. The quantitative estimate of drug-likeness (QED) is 0.319. The van der Waals surface area contributed by atoms with Crippen molar-refractivity contribution in [2.45, 2.75) is 51.6 Å². The Kier molecular flexibility index (Phi) is 10.6. The van der Waals surface area contributed by atoms with Crippen LogP contribution in [-0.2, 0) is 26.2 Å². The molecule has 0 aliphatic carbocycles. The van der Waals surface area contributed by atoms with Crippen LogP contribution in [0.2, 0.25) is 5.02 Å². The fourth-order valence-electron chi connectivity index (χ4n) is 4.15. The maximum Gasteiger partial charge on any atom is 0.264 e. The first-order valence-electron chi connectivity index (χ1n) is 13.0. The Labute approximate surface area is 241 Å². The minimum Gasteiger partial charge on any atom is -0.497 e. The first kappa shape index (κ1) is 31.0. The second-order valence-electron chi connectivity index (χ2n) is 9.60. The number of amides is 2. The van der Waals surface area contributed by atoms with E-state index in [2.05, 4.69) is 5.32 Å². The molecule has 0 aliphatic rings. The Morgan fingerprint density at radius 3 is 2.38 bits per heavy atom. The lowest BCUT2D eigenvalue weighted by atomic mass is 10.1. The Bertz CT molecular complexity index is 1440. The molecule has 0 aliphatic heterocycles. The number of hydrogen-bond donors (Lipinski definition) is 1. The van der Waals surface area contributed by atoms with Gasteiger partial charge in [0.2, 0.25) is 11.8 Å². The van der Waals surface area contributed by atoms with E-state index in [1.807, 2.05) is 19.9 Å². The van der Waals surface area contributed by atoms with E-state index in [9.17, 15) is 18.0 Å². The van der Waals surface area contributed by atoms with Gasteiger partial charge in [0.05, 0.1) is 17.7 Å². The highest BCUT2D eigenvalue weighted by atomic mass is 35.5. The second-order valence-corrected chi connectivity index (χ2v) is 11.9. The van der Waals surface area contributed by atoms with Crippen LogP contribution in [-0.4, -0.2) is 51.4 Å². The molecule has 0 heterocycles. The maximum absolute atomic E-state index is 14.0. The summed E-state index contributed by atoms with van der Waals surface area (Å²) in [6.07, 6.45) is 0.735. The molecule has 1 atom stereocenters. The van der Waals surface area contributed by atoms with Crippen LogP contribution in [0.1, 0.15) is 37.0 Å². The summed E-state index contributed by atoms with van der Waals surface area (Å²) >= 11 is 6.27. The number of carbonyl (C=O) groups excluding carboxylic acids is 2. The van der Waals surface area contributed by atoms with Gasteiger partial charge in [0.15, 0.2) is 0 Å². The Morgan fingerprint density at radius 2 is 1.73 bits per heavy atom. The number of benzene rings is 3. The monoisotopic (exact) mass is 585 g/mol. The van der Waals surface area contributed by atoms with Crippen molar-refractivity contribution >= 4 is 39.1 Å². The van der Waals surface area contributed by atoms with Gasteiger partial charge < -0.3 is 15.0 Å². The number of rotatable bonds is 12. The van der Waals surface area contributed by atoms with Gasteiger partial charge in [-0.1, -0.05) is 54.4 Å². The molecule has 8 nitrogen and oxygen atoms in total. The van der Waals surface area contributed by atoms with E-state index < -0.39 is 28.5 Å². The van der Waals surface area contributed by atoms with Crippen LogP contribution in [0.5, 0.6) is 5.75 Å². The van der Waals surface area contributed by atoms with Gasteiger partial charge >= 0.3 is 0 Å². The topological polar surface area (TPSA) is 96.0 Å². The van der Waals surface area contributed by atoms with Crippen molar-refractivity contribution in [3.63, 3.8) is 0 Å². The Balaban J connectivity index is 2.07. The number of nitrogens with zero attached hydrogens (tertiary/aromatic N) is 2. The van der Waals surface area contributed by atoms with Crippen molar-refractivity contribution in [1.82, 2.24) is 10.2 Å². The van der Waals surface area contributed by atoms with E-state index in [1.54, 1.807) is 63.4 Å². The highest BCUT2D eigenvalue weighted by Gasteiger charge is 2.33. The van der Waals surface area contributed by atoms with Crippen molar-refractivity contribution in [2.75, 3.05) is 24.5 Å². The van der Waals surface area contributed by atoms with Gasteiger partial charge in [-0.2, -0.15) is 0 Å². The number of aryl methyl sites for hydroxylation is 2. The third kappa shape index (κ3) is 7.55. The number of nitrogens with one attached hydrogen (secondary N) is 1. The Hall–Kier alpha value is -3.56. The smallest absolute Gasteiger partial charge is 0.264 e. The van der Waals surface area contributed by atoms with Crippen LogP contribution in [0.15, 0.2) is 71.6 Å². The molecule has 0 fully saturated rings. The maximum atomic E-state index is 14.0. The fourth-order valence-corrected chi connectivity index (χ4v) is 5.78. The van der Waals surface area contributed by atoms with E-state index in [4.69, 9.17) is 16.3 Å². The fraction of sp³-hybridized carbons (Fsp3) is 0.333. The van der Waals surface area contributed by atoms with Crippen molar-refractivity contribution < 1.29 is 22.7 Å². The van der Waals surface area contributed by atoms with Gasteiger partial charge in [0, 0.05) is 18.1 Å². The Morgan fingerprint density at radius 1 is 1.02 bits per heavy atom. The summed E-state index contributed by atoms with van der Waals surface area (Å²) in [7, 11) is -2.63. The zero-order valence-electron chi connectivity index (χ0n) is 23.5. The number of carbonyl (C=O) groups is 2. The van der Waals surface area contributed by atoms with E-state index in [1.165, 1.54) is 23.1 Å². The van der Waals surface area contributed by atoms with Crippen molar-refractivity contribution in [1.29, 1.82) is 0 Å². The van der Waals surface area contributed by atoms with Gasteiger partial charge in [-0.05, 0) is 74.7 Å². The molecule has 40 heavy (non-hydrogen) atoms. The van der Waals surface area contributed by atoms with E-state index in [0.717, 1.165) is 21.9 Å². The number of sulfonamides is 1. The first-order valence-corrected chi connectivity index (χ1v) is 14.9. The number of ether oxygens (including phenoxy) is 1. The summed E-state index contributed by atoms with van der Waals surface area (Å²) in [6, 6.07) is 17.6. The van der Waals surface area contributed by atoms with Gasteiger partial charge in [-0.25, -0.2) is 8.42 Å². The molecule has 10 heteroatoms. The average molecular weight is 586 g/mol. The number of hydrogen-bond acceptors (Lipinski definition) is 5. The summed E-state index contributed by atoms with van der Waals surface area (Å²) in [4.78, 5) is 28.4. The molecule has 3 aromatic carbocycles. The van der Waals surface area contributed by atoms with Crippen LogP contribution in [0.3, 0.4) is 0 Å². The molecule has 0 saturated carbocycles. The van der Waals surface area contributed by atoms with E-state index in [-0.39, 0.29) is 23.0 Å². The third-order valence-electron chi connectivity index (χ3n) is 6.53. The van der Waals surface area contributed by atoms with Gasteiger partial charge in [0.25, 0.3) is 10.0 Å². The van der Waals surface area contributed by atoms with Gasteiger partial charge in [-0.15, -0.1) is 0 Å². The molecule has 3 aromatic rings. The lowest BCUT2D eigenvalue weighted by Gasteiger charge is -2.32. The van der Waals surface area contributed by atoms with Crippen LogP contribution >= 0.6 is 11.6 Å². The SMILES string of the molecule is CCCNC(=O)[C@H](C)N(Cc1cccc(OC)c1)C(=O)CN(c1cc(Cl)ccc1C)S(=O)(=O)c1ccc(C)cc1. The normalized spacial score (nSPS) is 11.9. The zero-order chi connectivity index (χ0) is 29.4. The average Bonchev–Trinajstić information content (AvgIpc) is 2.94. The molecule has 0 saturated heterocycles. The van der Waals surface area contributed by atoms with Crippen molar-refractivity contribution in [3.05, 3.63) is 88.4 Å². The number of methoxy groups -OCH3 is 1. The molecule has 0 spiro atoms. The van der Waals surface area contributed by atoms with E-state index in [0.29, 0.717) is 22.9 Å². The summed E-state index contributed by atoms with van der Waals surface area (Å²) in [5, 5.41) is 3.16. The molecule has 0 bridgehead atoms. The third-order valence-corrected chi connectivity index (χ3v) is 8.54. The first-order chi connectivity index (χ1) is 19.0. The molecule has 0 radical (unpaired) electrons. The van der Waals surface area contributed by atoms with Gasteiger partial charge in [0.1, 0.15) is 18.3 Å². The number of halogens is 1. The molecule has 3 rings (SSSR count). The lowest BCUT2D eigenvalue weighted by molar-refractivity contribution is -0.139. The molecule has 0 aromatic heterocycles. The zero-order valence-corrected chi connectivity index (χ0v) is 25.1. The van der Waals surface area contributed by atoms with Crippen LogP contribution in [0, 0.1) is 13.8 Å².